The van der Waals surface area contributed by atoms with Crippen LogP contribution in [0, 0.1) is 5.92 Å². The lowest BCUT2D eigenvalue weighted by Crippen LogP contribution is -2.26. The number of ether oxygens (including phenoxy) is 2. The first-order valence-electron chi connectivity index (χ1n) is 6.55. The molecule has 0 aliphatic heterocycles. The maximum atomic E-state index is 6.18. The Kier molecular flexibility index (Phi) is 6.16. The molecule has 2 atom stereocenters. The highest BCUT2D eigenvalue weighted by Crippen LogP contribution is 2.20. The highest BCUT2D eigenvalue weighted by Gasteiger charge is 2.15. The van der Waals surface area contributed by atoms with Crippen molar-refractivity contribution in [3.8, 4) is 5.75 Å². The van der Waals surface area contributed by atoms with Crippen LogP contribution in [-0.2, 0) is 4.74 Å². The highest BCUT2D eigenvalue weighted by atomic mass is 16.5. The molecule has 0 aliphatic rings. The van der Waals surface area contributed by atoms with E-state index in [0.29, 0.717) is 5.92 Å². The van der Waals surface area contributed by atoms with Crippen molar-refractivity contribution in [2.75, 3.05) is 13.7 Å². The molecule has 0 radical (unpaired) electrons. The third kappa shape index (κ3) is 4.67. The van der Waals surface area contributed by atoms with Gasteiger partial charge in [-0.2, -0.15) is 0 Å². The zero-order chi connectivity index (χ0) is 13.5. The van der Waals surface area contributed by atoms with Crippen LogP contribution in [0.2, 0.25) is 0 Å². The van der Waals surface area contributed by atoms with Crippen molar-refractivity contribution < 1.29 is 9.47 Å². The molecule has 1 aromatic carbocycles. The second-order valence-electron chi connectivity index (χ2n) is 5.06. The lowest BCUT2D eigenvalue weighted by atomic mass is 10.0. The highest BCUT2D eigenvalue weighted by molar-refractivity contribution is 5.29. The van der Waals surface area contributed by atoms with Gasteiger partial charge in [0.25, 0.3) is 0 Å². The van der Waals surface area contributed by atoms with Gasteiger partial charge in [-0.15, -0.1) is 0 Å². The molecule has 0 aromatic heterocycles. The second kappa shape index (κ2) is 7.39. The van der Waals surface area contributed by atoms with E-state index in [9.17, 15) is 0 Å². The van der Waals surface area contributed by atoms with Gasteiger partial charge >= 0.3 is 0 Å². The molecule has 3 heteroatoms. The minimum absolute atomic E-state index is 0.0251. The first-order valence-corrected chi connectivity index (χ1v) is 6.55. The van der Waals surface area contributed by atoms with Crippen molar-refractivity contribution in [3.63, 3.8) is 0 Å². The quantitative estimate of drug-likeness (QED) is 0.809. The summed E-state index contributed by atoms with van der Waals surface area (Å²) in [5, 5.41) is 0. The van der Waals surface area contributed by atoms with Crippen molar-refractivity contribution in [2.24, 2.45) is 11.7 Å². The number of nitrogens with two attached hydrogens (primary N) is 1. The maximum absolute atomic E-state index is 6.18. The van der Waals surface area contributed by atoms with E-state index in [0.717, 1.165) is 24.3 Å². The van der Waals surface area contributed by atoms with Crippen LogP contribution in [0.1, 0.15) is 38.8 Å². The van der Waals surface area contributed by atoms with Gasteiger partial charge in [-0.25, -0.2) is 0 Å². The monoisotopic (exact) mass is 251 g/mol. The standard InChI is InChI=1S/C15H25NO2/c1-11(2)9-10-18-12(3)15(16)13-5-7-14(17-4)8-6-13/h5-8,11-12,15H,9-10,16H2,1-4H3. The minimum Gasteiger partial charge on any atom is -0.497 e. The van der Waals surface area contributed by atoms with Gasteiger partial charge in [-0.1, -0.05) is 26.0 Å². The predicted octanol–water partition coefficient (Wildman–Crippen LogP) is 3.15. The summed E-state index contributed by atoms with van der Waals surface area (Å²) in [5.74, 6) is 1.51. The second-order valence-corrected chi connectivity index (χ2v) is 5.06. The average Bonchev–Trinajstić information content (AvgIpc) is 2.37. The number of hydrogen-bond donors (Lipinski definition) is 1. The van der Waals surface area contributed by atoms with E-state index in [1.54, 1.807) is 7.11 Å². The molecule has 2 unspecified atom stereocenters. The van der Waals surface area contributed by atoms with Crippen LogP contribution in [0.15, 0.2) is 24.3 Å². The first kappa shape index (κ1) is 15.0. The molecule has 1 aromatic rings. The normalized spacial score (nSPS) is 14.6. The Morgan fingerprint density at radius 1 is 1.11 bits per heavy atom. The van der Waals surface area contributed by atoms with E-state index in [1.807, 2.05) is 31.2 Å². The van der Waals surface area contributed by atoms with Gasteiger partial charge in [-0.05, 0) is 37.0 Å². The summed E-state index contributed by atoms with van der Waals surface area (Å²) in [4.78, 5) is 0. The molecule has 0 saturated heterocycles. The van der Waals surface area contributed by atoms with Crippen LogP contribution in [0.4, 0.5) is 0 Å². The summed E-state index contributed by atoms with van der Waals surface area (Å²) in [5.41, 5.74) is 7.26. The van der Waals surface area contributed by atoms with Gasteiger partial charge in [0.05, 0.1) is 19.3 Å². The molecule has 0 aliphatic carbocycles. The van der Waals surface area contributed by atoms with Gasteiger partial charge in [-0.3, -0.25) is 0 Å². The molecule has 102 valence electrons. The van der Waals surface area contributed by atoms with Gasteiger partial charge in [0, 0.05) is 6.61 Å². The lowest BCUT2D eigenvalue weighted by molar-refractivity contribution is 0.0416. The van der Waals surface area contributed by atoms with Gasteiger partial charge in [0.15, 0.2) is 0 Å². The molecule has 3 nitrogen and oxygen atoms in total. The van der Waals surface area contributed by atoms with Crippen LogP contribution < -0.4 is 10.5 Å². The Morgan fingerprint density at radius 3 is 2.22 bits per heavy atom. The van der Waals surface area contributed by atoms with E-state index in [4.69, 9.17) is 15.2 Å². The minimum atomic E-state index is -0.0944. The predicted molar refractivity (Wildman–Crippen MR) is 74.8 cm³/mol. The van der Waals surface area contributed by atoms with Crippen LogP contribution >= 0.6 is 0 Å². The van der Waals surface area contributed by atoms with Crippen LogP contribution in [-0.4, -0.2) is 19.8 Å². The maximum Gasteiger partial charge on any atom is 0.118 e. The molecule has 1 rings (SSSR count). The Labute approximate surface area is 110 Å². The van der Waals surface area contributed by atoms with Gasteiger partial charge in [0.1, 0.15) is 5.75 Å². The number of hydrogen-bond acceptors (Lipinski definition) is 3. The molecular weight excluding hydrogens is 226 g/mol. The topological polar surface area (TPSA) is 44.5 Å². The molecule has 0 amide bonds. The summed E-state index contributed by atoms with van der Waals surface area (Å²) in [7, 11) is 1.66. The third-order valence-electron chi connectivity index (χ3n) is 3.08. The molecule has 2 N–H and O–H groups in total. The van der Waals surface area contributed by atoms with Gasteiger partial charge in [0.2, 0.25) is 0 Å². The van der Waals surface area contributed by atoms with E-state index in [2.05, 4.69) is 13.8 Å². The van der Waals surface area contributed by atoms with Crippen molar-refractivity contribution in [3.05, 3.63) is 29.8 Å². The molecule has 0 bridgehead atoms. The molecule has 0 heterocycles. The fourth-order valence-electron chi connectivity index (χ4n) is 1.69. The molecule has 0 saturated carbocycles. The molecule has 0 spiro atoms. The molecular formula is C15H25NO2. The number of methoxy groups -OCH3 is 1. The van der Waals surface area contributed by atoms with Crippen molar-refractivity contribution in [2.45, 2.75) is 39.3 Å². The van der Waals surface area contributed by atoms with E-state index in [1.165, 1.54) is 0 Å². The largest absolute Gasteiger partial charge is 0.497 e. The number of rotatable bonds is 7. The summed E-state index contributed by atoms with van der Waals surface area (Å²) < 4.78 is 10.9. The average molecular weight is 251 g/mol. The summed E-state index contributed by atoms with van der Waals surface area (Å²) in [6.45, 7) is 7.17. The summed E-state index contributed by atoms with van der Waals surface area (Å²) in [6.07, 6.45) is 1.09. The van der Waals surface area contributed by atoms with Crippen LogP contribution in [0.25, 0.3) is 0 Å². The first-order chi connectivity index (χ1) is 8.54. The number of benzene rings is 1. The third-order valence-corrected chi connectivity index (χ3v) is 3.08. The zero-order valence-corrected chi connectivity index (χ0v) is 11.8. The van der Waals surface area contributed by atoms with Gasteiger partial charge < -0.3 is 15.2 Å². The van der Waals surface area contributed by atoms with Crippen molar-refractivity contribution >= 4 is 0 Å². The fraction of sp³-hybridized carbons (Fsp3) is 0.600. The van der Waals surface area contributed by atoms with Crippen LogP contribution in [0.3, 0.4) is 0 Å². The Morgan fingerprint density at radius 2 is 1.72 bits per heavy atom. The lowest BCUT2D eigenvalue weighted by Gasteiger charge is -2.21. The summed E-state index contributed by atoms with van der Waals surface area (Å²) in [6, 6.07) is 7.74. The van der Waals surface area contributed by atoms with Crippen molar-refractivity contribution in [1.29, 1.82) is 0 Å². The van der Waals surface area contributed by atoms with E-state index < -0.39 is 0 Å². The fourth-order valence-corrected chi connectivity index (χ4v) is 1.69. The Hall–Kier alpha value is -1.06. The van der Waals surface area contributed by atoms with Crippen molar-refractivity contribution in [1.82, 2.24) is 0 Å². The molecule has 18 heavy (non-hydrogen) atoms. The molecule has 0 fully saturated rings. The van der Waals surface area contributed by atoms with E-state index in [-0.39, 0.29) is 12.1 Å². The van der Waals surface area contributed by atoms with E-state index >= 15 is 0 Å². The Balaban J connectivity index is 2.48. The van der Waals surface area contributed by atoms with Crippen LogP contribution in [0.5, 0.6) is 5.75 Å². The zero-order valence-electron chi connectivity index (χ0n) is 11.8. The summed E-state index contributed by atoms with van der Waals surface area (Å²) >= 11 is 0. The SMILES string of the molecule is COc1ccc(C(N)C(C)OCCC(C)C)cc1. The smallest absolute Gasteiger partial charge is 0.118 e. The Bertz CT molecular complexity index is 335.